The number of benzene rings is 1. The molecule has 0 spiro atoms. The van der Waals surface area contributed by atoms with Gasteiger partial charge in [-0.25, -0.2) is 17.5 Å². The fourth-order valence-corrected chi connectivity index (χ4v) is 3.50. The third kappa shape index (κ3) is 5.06. The number of amides is 1. The molecule has 0 bridgehead atoms. The van der Waals surface area contributed by atoms with Crippen molar-refractivity contribution >= 4 is 15.9 Å². The third-order valence-electron chi connectivity index (χ3n) is 3.72. The van der Waals surface area contributed by atoms with E-state index in [1.807, 2.05) is 0 Å². The van der Waals surface area contributed by atoms with Crippen LogP contribution in [0.1, 0.15) is 24.8 Å². The monoisotopic (exact) mass is 328 g/mol. The van der Waals surface area contributed by atoms with Crippen molar-refractivity contribution < 1.29 is 17.6 Å². The van der Waals surface area contributed by atoms with Crippen LogP contribution < -0.4 is 4.72 Å². The summed E-state index contributed by atoms with van der Waals surface area (Å²) in [5.41, 5.74) is 0.527. The van der Waals surface area contributed by atoms with Gasteiger partial charge in [0, 0.05) is 25.6 Å². The van der Waals surface area contributed by atoms with Gasteiger partial charge >= 0.3 is 0 Å². The average molecular weight is 328 g/mol. The highest BCUT2D eigenvalue weighted by Gasteiger charge is 2.25. The number of sulfonamides is 1. The Kier molecular flexibility index (Phi) is 5.52. The molecule has 0 radical (unpaired) electrons. The van der Waals surface area contributed by atoms with E-state index >= 15 is 0 Å². The summed E-state index contributed by atoms with van der Waals surface area (Å²) < 4.78 is 38.6. The number of carbonyl (C=O) groups is 1. The molecule has 1 saturated heterocycles. The van der Waals surface area contributed by atoms with Crippen molar-refractivity contribution in [2.45, 2.75) is 31.7 Å². The van der Waals surface area contributed by atoms with E-state index in [0.717, 1.165) is 19.1 Å². The summed E-state index contributed by atoms with van der Waals surface area (Å²) >= 11 is 0. The summed E-state index contributed by atoms with van der Waals surface area (Å²) in [5.74, 6) is -0.367. The molecule has 2 rings (SSSR count). The molecule has 1 aromatic rings. The van der Waals surface area contributed by atoms with Crippen LogP contribution in [0.5, 0.6) is 0 Å². The Morgan fingerprint density at radius 1 is 1.41 bits per heavy atom. The number of aryl methyl sites for hydroxylation is 1. The number of piperidine rings is 1. The molecule has 1 aliphatic rings. The highest BCUT2D eigenvalue weighted by molar-refractivity contribution is 7.88. The molecule has 5 nitrogen and oxygen atoms in total. The first-order chi connectivity index (χ1) is 10.3. The van der Waals surface area contributed by atoms with Crippen LogP contribution in [-0.4, -0.2) is 44.6 Å². The Hall–Kier alpha value is -1.47. The Morgan fingerprint density at radius 3 is 2.82 bits per heavy atom. The van der Waals surface area contributed by atoms with Gasteiger partial charge in [-0.1, -0.05) is 18.2 Å². The predicted octanol–water partition coefficient (Wildman–Crippen LogP) is 1.30. The molecular weight excluding hydrogens is 307 g/mol. The summed E-state index contributed by atoms with van der Waals surface area (Å²) in [6, 6.07) is 6.18. The van der Waals surface area contributed by atoms with E-state index in [4.69, 9.17) is 0 Å². The number of hydrogen-bond donors (Lipinski definition) is 1. The first-order valence-electron chi connectivity index (χ1n) is 7.33. The number of halogens is 1. The standard InChI is InChI=1S/C15H21FN2O3S/c1-22(20,21)17-13-6-4-10-18(11-13)15(19)9-8-12-5-2-3-7-14(12)16/h2-3,5,7,13,17H,4,6,8-11H2,1H3. The molecule has 0 aromatic heterocycles. The topological polar surface area (TPSA) is 66.5 Å². The fourth-order valence-electron chi connectivity index (χ4n) is 2.70. The lowest BCUT2D eigenvalue weighted by Gasteiger charge is -2.32. The van der Waals surface area contributed by atoms with Crippen LogP contribution in [0.4, 0.5) is 4.39 Å². The normalized spacial score (nSPS) is 19.2. The molecule has 1 aliphatic heterocycles. The minimum Gasteiger partial charge on any atom is -0.341 e. The Balaban J connectivity index is 1.88. The van der Waals surface area contributed by atoms with E-state index in [9.17, 15) is 17.6 Å². The van der Waals surface area contributed by atoms with Gasteiger partial charge in [0.05, 0.1) is 6.26 Å². The second-order valence-electron chi connectivity index (χ2n) is 5.66. The molecule has 1 N–H and O–H groups in total. The minimum atomic E-state index is -3.27. The second kappa shape index (κ2) is 7.19. The average Bonchev–Trinajstić information content (AvgIpc) is 2.44. The Labute approximate surface area is 130 Å². The zero-order chi connectivity index (χ0) is 16.2. The predicted molar refractivity (Wildman–Crippen MR) is 82.3 cm³/mol. The first kappa shape index (κ1) is 16.9. The molecule has 1 fully saturated rings. The maximum Gasteiger partial charge on any atom is 0.222 e. The van der Waals surface area contributed by atoms with Crippen LogP contribution in [0.3, 0.4) is 0 Å². The van der Waals surface area contributed by atoms with E-state index in [-0.39, 0.29) is 24.2 Å². The molecule has 7 heteroatoms. The van der Waals surface area contributed by atoms with Crippen molar-refractivity contribution in [1.82, 2.24) is 9.62 Å². The molecule has 1 unspecified atom stereocenters. The molecule has 0 saturated carbocycles. The van der Waals surface area contributed by atoms with Gasteiger partial charge in [-0.05, 0) is 30.9 Å². The summed E-state index contributed by atoms with van der Waals surface area (Å²) in [4.78, 5) is 13.9. The van der Waals surface area contributed by atoms with Gasteiger partial charge < -0.3 is 4.90 Å². The van der Waals surface area contributed by atoms with Crippen LogP contribution in [0.15, 0.2) is 24.3 Å². The van der Waals surface area contributed by atoms with Crippen molar-refractivity contribution in [2.75, 3.05) is 19.3 Å². The zero-order valence-electron chi connectivity index (χ0n) is 12.6. The smallest absolute Gasteiger partial charge is 0.222 e. The quantitative estimate of drug-likeness (QED) is 0.886. The summed E-state index contributed by atoms with van der Waals surface area (Å²) in [6.45, 7) is 1.00. The lowest BCUT2D eigenvalue weighted by atomic mass is 10.0. The van der Waals surface area contributed by atoms with E-state index < -0.39 is 10.0 Å². The van der Waals surface area contributed by atoms with Crippen LogP contribution in [0.25, 0.3) is 0 Å². The molecular formula is C15H21FN2O3S. The van der Waals surface area contributed by atoms with Gasteiger partial charge in [0.25, 0.3) is 0 Å². The first-order valence-corrected chi connectivity index (χ1v) is 9.23. The number of rotatable bonds is 5. The maximum atomic E-state index is 13.5. The Morgan fingerprint density at radius 2 is 2.14 bits per heavy atom. The van der Waals surface area contributed by atoms with Crippen LogP contribution in [0.2, 0.25) is 0 Å². The molecule has 1 amide bonds. The number of hydrogen-bond acceptors (Lipinski definition) is 3. The molecule has 1 heterocycles. The van der Waals surface area contributed by atoms with Gasteiger partial charge in [0.1, 0.15) is 5.82 Å². The fraction of sp³-hybridized carbons (Fsp3) is 0.533. The minimum absolute atomic E-state index is 0.0664. The van der Waals surface area contributed by atoms with Crippen LogP contribution in [-0.2, 0) is 21.2 Å². The highest BCUT2D eigenvalue weighted by Crippen LogP contribution is 2.14. The van der Waals surface area contributed by atoms with E-state index in [1.165, 1.54) is 6.07 Å². The van der Waals surface area contributed by atoms with Gasteiger partial charge in [0.2, 0.25) is 15.9 Å². The molecule has 1 aromatic carbocycles. The van der Waals surface area contributed by atoms with Crippen molar-refractivity contribution in [2.24, 2.45) is 0 Å². The lowest BCUT2D eigenvalue weighted by Crippen LogP contribution is -2.49. The largest absolute Gasteiger partial charge is 0.341 e. The number of nitrogens with one attached hydrogen (secondary N) is 1. The molecule has 0 aliphatic carbocycles. The summed E-state index contributed by atoms with van der Waals surface area (Å²) in [5, 5.41) is 0. The lowest BCUT2D eigenvalue weighted by molar-refractivity contribution is -0.132. The molecule has 122 valence electrons. The zero-order valence-corrected chi connectivity index (χ0v) is 13.4. The maximum absolute atomic E-state index is 13.5. The van der Waals surface area contributed by atoms with E-state index in [1.54, 1.807) is 23.1 Å². The second-order valence-corrected chi connectivity index (χ2v) is 7.44. The van der Waals surface area contributed by atoms with Crippen LogP contribution in [0, 0.1) is 5.82 Å². The van der Waals surface area contributed by atoms with Gasteiger partial charge in [-0.15, -0.1) is 0 Å². The van der Waals surface area contributed by atoms with Crippen molar-refractivity contribution in [3.8, 4) is 0 Å². The van der Waals surface area contributed by atoms with Crippen molar-refractivity contribution in [3.63, 3.8) is 0 Å². The van der Waals surface area contributed by atoms with E-state index in [2.05, 4.69) is 4.72 Å². The number of carbonyl (C=O) groups excluding carboxylic acids is 1. The number of nitrogens with zero attached hydrogens (tertiary/aromatic N) is 1. The highest BCUT2D eigenvalue weighted by atomic mass is 32.2. The van der Waals surface area contributed by atoms with Crippen molar-refractivity contribution in [1.29, 1.82) is 0 Å². The summed E-state index contributed by atoms with van der Waals surface area (Å²) in [7, 11) is -3.27. The van der Waals surface area contributed by atoms with E-state index in [0.29, 0.717) is 25.1 Å². The van der Waals surface area contributed by atoms with Gasteiger partial charge in [0.15, 0.2) is 0 Å². The van der Waals surface area contributed by atoms with Gasteiger partial charge in [-0.3, -0.25) is 4.79 Å². The third-order valence-corrected chi connectivity index (χ3v) is 4.48. The SMILES string of the molecule is CS(=O)(=O)NC1CCCN(C(=O)CCc2ccccc2F)C1. The molecule has 1 atom stereocenters. The Bertz CT molecular complexity index is 633. The van der Waals surface area contributed by atoms with Gasteiger partial charge in [-0.2, -0.15) is 0 Å². The van der Waals surface area contributed by atoms with Crippen LogP contribution >= 0.6 is 0 Å². The molecule has 22 heavy (non-hydrogen) atoms. The summed E-state index contributed by atoms with van der Waals surface area (Å²) in [6.07, 6.45) is 3.19. The van der Waals surface area contributed by atoms with Crippen molar-refractivity contribution in [3.05, 3.63) is 35.6 Å². The number of likely N-dealkylation sites (tertiary alicyclic amines) is 1.